The van der Waals surface area contributed by atoms with Crippen LogP contribution in [0.15, 0.2) is 41.3 Å². The second-order valence-electron chi connectivity index (χ2n) is 3.93. The summed E-state index contributed by atoms with van der Waals surface area (Å²) >= 11 is 10.7. The molecule has 0 unspecified atom stereocenters. The van der Waals surface area contributed by atoms with Gasteiger partial charge in [-0.15, -0.1) is 4.89 Å². The van der Waals surface area contributed by atoms with Gasteiger partial charge in [0.2, 0.25) is 0 Å². The lowest BCUT2D eigenvalue weighted by Gasteiger charge is -2.11. The molecule has 0 saturated carbocycles. The van der Waals surface area contributed by atoms with Crippen LogP contribution in [0, 0.1) is 6.92 Å². The molecule has 0 aliphatic carbocycles. The van der Waals surface area contributed by atoms with Crippen molar-refractivity contribution in [1.82, 2.24) is 4.89 Å². The van der Waals surface area contributed by atoms with E-state index < -0.39 is 0 Å². The summed E-state index contributed by atoms with van der Waals surface area (Å²) in [6, 6.07) is 10.7. The molecule has 0 atom stereocenters. The number of hydrogen-bond acceptors (Lipinski definition) is 6. The van der Waals surface area contributed by atoms with Gasteiger partial charge < -0.3 is 15.7 Å². The van der Waals surface area contributed by atoms with E-state index in [1.165, 1.54) is 0 Å². The van der Waals surface area contributed by atoms with Crippen LogP contribution in [0.3, 0.4) is 0 Å². The molecule has 0 bridgehead atoms. The predicted octanol–water partition coefficient (Wildman–Crippen LogP) is 4.55. The summed E-state index contributed by atoms with van der Waals surface area (Å²) in [5.74, 6) is 1.03. The first-order valence-corrected chi connectivity index (χ1v) is 8.03. The largest absolute Gasteiger partial charge is 0.454 e. The van der Waals surface area contributed by atoms with E-state index in [0.29, 0.717) is 22.2 Å². The minimum Gasteiger partial charge on any atom is -0.454 e. The Balaban J connectivity index is 0.00000106. The normalized spacial score (nSPS) is 9.76. The van der Waals surface area contributed by atoms with Gasteiger partial charge in [0.05, 0.1) is 10.7 Å². The highest BCUT2D eigenvalue weighted by atomic mass is 35.5. The van der Waals surface area contributed by atoms with Crippen molar-refractivity contribution in [3.05, 3.63) is 47.0 Å². The molecule has 0 heterocycles. The molecule has 2 aromatic rings. The summed E-state index contributed by atoms with van der Waals surface area (Å²) in [5, 5.41) is 9.19. The molecule has 0 aliphatic heterocycles. The van der Waals surface area contributed by atoms with Crippen molar-refractivity contribution in [3.8, 4) is 11.5 Å². The molecule has 0 amide bonds. The Morgan fingerprint density at radius 2 is 1.90 bits per heavy atom. The molecule has 4 N–H and O–H groups in total. The van der Waals surface area contributed by atoms with Crippen molar-refractivity contribution in [2.24, 2.45) is 0 Å². The Morgan fingerprint density at radius 3 is 2.52 bits per heavy atom. The van der Waals surface area contributed by atoms with Crippen LogP contribution in [0.25, 0.3) is 0 Å². The molecule has 0 saturated heterocycles. The molecular weight excluding hydrogens is 328 g/mol. The van der Waals surface area contributed by atoms with Crippen LogP contribution < -0.4 is 15.4 Å². The number of thiol groups is 1. The topological polar surface area (TPSA) is 67.5 Å². The molecule has 0 aliphatic rings. The Kier molecular flexibility index (Phi) is 7.77. The zero-order chi connectivity index (χ0) is 15.8. The van der Waals surface area contributed by atoms with Gasteiger partial charge in [0.15, 0.2) is 5.75 Å². The molecule has 7 heteroatoms. The van der Waals surface area contributed by atoms with Gasteiger partial charge in [0.25, 0.3) is 0 Å². The quantitative estimate of drug-likeness (QED) is 0.283. The van der Waals surface area contributed by atoms with E-state index in [0.717, 1.165) is 22.4 Å². The molecule has 0 aromatic heterocycles. The van der Waals surface area contributed by atoms with Crippen LogP contribution in [0.2, 0.25) is 5.02 Å². The third-order valence-corrected chi connectivity index (χ3v) is 3.33. The van der Waals surface area contributed by atoms with Crippen LogP contribution in [0.1, 0.15) is 5.56 Å². The molecule has 0 radical (unpaired) electrons. The standard InChI is InChI=1S/C13H13ClN2O2S.CH4S/c1-8-2-5-12(10(14)6-8)18-13-7-9(19-16-17)3-4-11(13)15;1-2/h2-7,16-17H,15H2,1H3;2H,1H3. The first kappa shape index (κ1) is 18.0. The van der Waals surface area contributed by atoms with Gasteiger partial charge in [0.1, 0.15) is 5.75 Å². The Morgan fingerprint density at radius 1 is 1.19 bits per heavy atom. The summed E-state index contributed by atoms with van der Waals surface area (Å²) in [4.78, 5) is 2.78. The summed E-state index contributed by atoms with van der Waals surface area (Å²) in [6.45, 7) is 1.95. The maximum absolute atomic E-state index is 8.66. The fourth-order valence-corrected chi connectivity index (χ4v) is 2.21. The maximum Gasteiger partial charge on any atom is 0.151 e. The smallest absolute Gasteiger partial charge is 0.151 e. The van der Waals surface area contributed by atoms with E-state index in [1.54, 1.807) is 30.5 Å². The molecule has 4 nitrogen and oxygen atoms in total. The maximum atomic E-state index is 8.66. The van der Waals surface area contributed by atoms with Gasteiger partial charge in [0, 0.05) is 4.90 Å². The van der Waals surface area contributed by atoms with E-state index in [4.69, 9.17) is 27.3 Å². The van der Waals surface area contributed by atoms with E-state index in [2.05, 4.69) is 12.6 Å². The van der Waals surface area contributed by atoms with Gasteiger partial charge in [-0.25, -0.2) is 0 Å². The molecule has 0 spiro atoms. The highest BCUT2D eigenvalue weighted by molar-refractivity contribution is 7.97. The van der Waals surface area contributed by atoms with Crippen LogP contribution in [-0.4, -0.2) is 11.5 Å². The number of nitrogens with one attached hydrogen (secondary N) is 1. The van der Waals surface area contributed by atoms with Gasteiger partial charge in [-0.2, -0.15) is 12.6 Å². The molecule has 114 valence electrons. The summed E-state index contributed by atoms with van der Waals surface area (Å²) < 4.78 is 5.70. The number of anilines is 1. The Bertz CT molecular complexity index is 597. The zero-order valence-corrected chi connectivity index (χ0v) is 14.1. The van der Waals surface area contributed by atoms with Crippen LogP contribution >= 0.6 is 36.2 Å². The molecule has 2 rings (SSSR count). The number of hydrogen-bond donors (Lipinski definition) is 4. The molecular formula is C14H17ClN2O2S2. The fourth-order valence-electron chi connectivity index (χ4n) is 1.53. The van der Waals surface area contributed by atoms with Crippen molar-refractivity contribution < 1.29 is 9.94 Å². The van der Waals surface area contributed by atoms with Crippen molar-refractivity contribution in [2.75, 3.05) is 12.0 Å². The van der Waals surface area contributed by atoms with Crippen LogP contribution in [-0.2, 0) is 0 Å². The minimum atomic E-state index is 0.492. The number of nitrogen functional groups attached to an aromatic ring is 1. The molecule has 0 fully saturated rings. The average molecular weight is 345 g/mol. The number of rotatable bonds is 4. The van der Waals surface area contributed by atoms with E-state index in [1.807, 2.05) is 23.9 Å². The van der Waals surface area contributed by atoms with E-state index >= 15 is 0 Å². The summed E-state index contributed by atoms with van der Waals surface area (Å²) in [7, 11) is 0. The van der Waals surface area contributed by atoms with Crippen molar-refractivity contribution in [2.45, 2.75) is 11.8 Å². The van der Waals surface area contributed by atoms with Gasteiger partial charge in [-0.05, 0) is 61.0 Å². The van der Waals surface area contributed by atoms with Gasteiger partial charge in [-0.3, -0.25) is 0 Å². The SMILES string of the molecule is CS.Cc1ccc(Oc2cc(SNO)ccc2N)c(Cl)c1. The first-order valence-electron chi connectivity index (χ1n) is 5.94. The van der Waals surface area contributed by atoms with Gasteiger partial charge >= 0.3 is 0 Å². The van der Waals surface area contributed by atoms with E-state index in [9.17, 15) is 0 Å². The minimum absolute atomic E-state index is 0.492. The highest BCUT2D eigenvalue weighted by Crippen LogP contribution is 2.34. The predicted molar refractivity (Wildman–Crippen MR) is 92.8 cm³/mol. The molecule has 2 aromatic carbocycles. The monoisotopic (exact) mass is 344 g/mol. The van der Waals surface area contributed by atoms with Crippen molar-refractivity contribution in [1.29, 1.82) is 0 Å². The van der Waals surface area contributed by atoms with Crippen LogP contribution in [0.4, 0.5) is 5.69 Å². The zero-order valence-electron chi connectivity index (χ0n) is 11.6. The average Bonchev–Trinajstić information content (AvgIpc) is 2.48. The fraction of sp³-hybridized carbons (Fsp3) is 0.143. The van der Waals surface area contributed by atoms with Crippen molar-refractivity contribution in [3.63, 3.8) is 0 Å². The van der Waals surface area contributed by atoms with E-state index in [-0.39, 0.29) is 0 Å². The highest BCUT2D eigenvalue weighted by Gasteiger charge is 2.07. The second-order valence-corrected chi connectivity index (χ2v) is 5.19. The third-order valence-electron chi connectivity index (χ3n) is 2.46. The first-order chi connectivity index (χ1) is 10.1. The van der Waals surface area contributed by atoms with Crippen LogP contribution in [0.5, 0.6) is 11.5 Å². The lowest BCUT2D eigenvalue weighted by molar-refractivity contribution is 0.258. The number of nitrogens with two attached hydrogens (primary N) is 1. The number of ether oxygens (including phenoxy) is 1. The molecule has 21 heavy (non-hydrogen) atoms. The lowest BCUT2D eigenvalue weighted by Crippen LogP contribution is -1.95. The Labute approximate surface area is 139 Å². The number of benzene rings is 2. The third kappa shape index (κ3) is 5.33. The Hall–Kier alpha value is -1.05. The lowest BCUT2D eigenvalue weighted by atomic mass is 10.2. The van der Waals surface area contributed by atoms with Gasteiger partial charge in [-0.1, -0.05) is 17.7 Å². The van der Waals surface area contributed by atoms with Crippen molar-refractivity contribution >= 4 is 41.9 Å². The number of aryl methyl sites for hydroxylation is 1. The second kappa shape index (κ2) is 9.07. The number of halogens is 1. The summed E-state index contributed by atoms with van der Waals surface area (Å²) in [6.07, 6.45) is 1.69. The summed E-state index contributed by atoms with van der Waals surface area (Å²) in [5.41, 5.74) is 7.41.